The number of hydrogen-bond acceptors (Lipinski definition) is 3. The molecule has 1 saturated carbocycles. The van der Waals surface area contributed by atoms with E-state index in [-0.39, 0.29) is 11.8 Å². The Kier molecular flexibility index (Phi) is 4.59. The molecule has 2 heterocycles. The van der Waals surface area contributed by atoms with Gasteiger partial charge in [-0.15, -0.1) is 0 Å². The molecule has 1 aromatic carbocycles. The number of aryl methyl sites for hydroxylation is 1. The standard InChI is InChI=1S/C20H25N3OS/c1-13-7-6-10-18(14(13)2)23-19(16-11-25-12-17(16)22-23)21-20(24)15-8-4-3-5-9-15/h6-7,10,15H,3-5,8-9,11-12H2,1-2H3,(H,21,24). The second kappa shape index (κ2) is 6.87. The molecule has 1 fully saturated rings. The van der Waals surface area contributed by atoms with Gasteiger partial charge in [0.15, 0.2) is 0 Å². The van der Waals surface area contributed by atoms with Crippen molar-refractivity contribution < 1.29 is 4.79 Å². The van der Waals surface area contributed by atoms with Gasteiger partial charge in [-0.25, -0.2) is 4.68 Å². The zero-order chi connectivity index (χ0) is 17.4. The molecule has 0 atom stereocenters. The fraction of sp³-hybridized carbons (Fsp3) is 0.500. The second-order valence-electron chi connectivity index (χ2n) is 7.22. The highest BCUT2D eigenvalue weighted by Gasteiger charge is 2.28. The topological polar surface area (TPSA) is 46.9 Å². The number of amides is 1. The quantitative estimate of drug-likeness (QED) is 0.864. The van der Waals surface area contributed by atoms with E-state index < -0.39 is 0 Å². The van der Waals surface area contributed by atoms with Gasteiger partial charge in [-0.3, -0.25) is 4.79 Å². The van der Waals surface area contributed by atoms with Crippen LogP contribution in [0.3, 0.4) is 0 Å². The third-order valence-electron chi connectivity index (χ3n) is 5.57. The number of nitrogens with one attached hydrogen (secondary N) is 1. The molecule has 0 radical (unpaired) electrons. The summed E-state index contributed by atoms with van der Waals surface area (Å²) in [5.41, 5.74) is 5.84. The Hall–Kier alpha value is -1.75. The Morgan fingerprint density at radius 3 is 2.80 bits per heavy atom. The summed E-state index contributed by atoms with van der Waals surface area (Å²) in [7, 11) is 0. The van der Waals surface area contributed by atoms with Gasteiger partial charge in [0.2, 0.25) is 5.91 Å². The lowest BCUT2D eigenvalue weighted by atomic mass is 9.88. The number of hydrogen-bond donors (Lipinski definition) is 1. The Morgan fingerprint density at radius 1 is 1.20 bits per heavy atom. The number of benzene rings is 1. The van der Waals surface area contributed by atoms with E-state index in [0.29, 0.717) is 0 Å². The summed E-state index contributed by atoms with van der Waals surface area (Å²) in [6.07, 6.45) is 5.63. The molecular formula is C20H25N3OS. The lowest BCUT2D eigenvalue weighted by Crippen LogP contribution is -2.26. The molecule has 0 spiro atoms. The number of carbonyl (C=O) groups excluding carboxylic acids is 1. The van der Waals surface area contributed by atoms with Crippen molar-refractivity contribution in [3.63, 3.8) is 0 Å². The molecule has 132 valence electrons. The van der Waals surface area contributed by atoms with Crippen LogP contribution in [0.4, 0.5) is 5.82 Å². The zero-order valence-corrected chi connectivity index (χ0v) is 15.8. The summed E-state index contributed by atoms with van der Waals surface area (Å²) in [6.45, 7) is 4.24. The SMILES string of the molecule is Cc1cccc(-n2nc3c(c2NC(=O)C2CCCCC2)CSC3)c1C. The molecule has 4 nitrogen and oxygen atoms in total. The molecule has 4 rings (SSSR count). The van der Waals surface area contributed by atoms with Gasteiger partial charge in [0.25, 0.3) is 0 Å². The fourth-order valence-electron chi connectivity index (χ4n) is 3.86. The van der Waals surface area contributed by atoms with Crippen LogP contribution < -0.4 is 5.32 Å². The molecule has 1 amide bonds. The van der Waals surface area contributed by atoms with E-state index in [0.717, 1.165) is 41.5 Å². The van der Waals surface area contributed by atoms with Crippen LogP contribution in [0.5, 0.6) is 0 Å². The van der Waals surface area contributed by atoms with Gasteiger partial charge in [0.1, 0.15) is 5.82 Å². The summed E-state index contributed by atoms with van der Waals surface area (Å²) >= 11 is 1.87. The number of fused-ring (bicyclic) bond motifs is 1. The van der Waals surface area contributed by atoms with E-state index in [2.05, 4.69) is 37.4 Å². The molecule has 0 bridgehead atoms. The van der Waals surface area contributed by atoms with Crippen LogP contribution in [-0.4, -0.2) is 15.7 Å². The smallest absolute Gasteiger partial charge is 0.228 e. The zero-order valence-electron chi connectivity index (χ0n) is 15.0. The number of aromatic nitrogens is 2. The Morgan fingerprint density at radius 2 is 2.00 bits per heavy atom. The van der Waals surface area contributed by atoms with Crippen molar-refractivity contribution in [2.45, 2.75) is 57.5 Å². The van der Waals surface area contributed by atoms with Crippen LogP contribution in [0, 0.1) is 19.8 Å². The van der Waals surface area contributed by atoms with E-state index in [4.69, 9.17) is 5.10 Å². The molecule has 5 heteroatoms. The average molecular weight is 356 g/mol. The molecule has 25 heavy (non-hydrogen) atoms. The van der Waals surface area contributed by atoms with Crippen LogP contribution in [0.15, 0.2) is 18.2 Å². The number of nitrogens with zero attached hydrogens (tertiary/aromatic N) is 2. The Labute approximate surface area is 153 Å². The summed E-state index contributed by atoms with van der Waals surface area (Å²) in [6, 6.07) is 6.27. The van der Waals surface area contributed by atoms with E-state index >= 15 is 0 Å². The van der Waals surface area contributed by atoms with Crippen LogP contribution in [-0.2, 0) is 16.3 Å². The first-order valence-corrected chi connectivity index (χ1v) is 10.4. The van der Waals surface area contributed by atoms with Crippen molar-refractivity contribution in [1.29, 1.82) is 0 Å². The summed E-state index contributed by atoms with van der Waals surface area (Å²) in [5, 5.41) is 8.10. The van der Waals surface area contributed by atoms with Gasteiger partial charge in [0, 0.05) is 23.0 Å². The van der Waals surface area contributed by atoms with E-state index in [1.165, 1.54) is 36.0 Å². The fourth-order valence-corrected chi connectivity index (χ4v) is 4.90. The number of rotatable bonds is 3. The third kappa shape index (κ3) is 3.10. The van der Waals surface area contributed by atoms with Gasteiger partial charge in [-0.1, -0.05) is 31.4 Å². The van der Waals surface area contributed by atoms with Crippen LogP contribution in [0.25, 0.3) is 5.69 Å². The minimum Gasteiger partial charge on any atom is -0.310 e. The monoisotopic (exact) mass is 355 g/mol. The summed E-state index contributed by atoms with van der Waals surface area (Å²) in [4.78, 5) is 12.8. The Bertz CT molecular complexity index is 806. The maximum atomic E-state index is 12.8. The second-order valence-corrected chi connectivity index (χ2v) is 8.21. The first-order valence-electron chi connectivity index (χ1n) is 9.21. The normalized spacial score (nSPS) is 17.5. The van der Waals surface area contributed by atoms with Crippen LogP contribution >= 0.6 is 11.8 Å². The summed E-state index contributed by atoms with van der Waals surface area (Å²) in [5.74, 6) is 3.08. The average Bonchev–Trinajstić information content (AvgIpc) is 3.21. The molecule has 2 aliphatic rings. The van der Waals surface area contributed by atoms with Crippen molar-refractivity contribution in [2.75, 3.05) is 5.32 Å². The predicted octanol–water partition coefficient (Wildman–Crippen LogP) is 4.75. The molecule has 0 saturated heterocycles. The first-order chi connectivity index (χ1) is 12.1. The number of carbonyl (C=O) groups is 1. The highest BCUT2D eigenvalue weighted by Crippen LogP contribution is 2.37. The van der Waals surface area contributed by atoms with E-state index in [1.807, 2.05) is 16.4 Å². The highest BCUT2D eigenvalue weighted by molar-refractivity contribution is 7.98. The molecule has 1 aliphatic carbocycles. The van der Waals surface area contributed by atoms with Gasteiger partial charge in [-0.2, -0.15) is 16.9 Å². The molecule has 2 aromatic rings. The van der Waals surface area contributed by atoms with E-state index in [9.17, 15) is 4.79 Å². The van der Waals surface area contributed by atoms with Crippen molar-refractivity contribution in [1.82, 2.24) is 9.78 Å². The van der Waals surface area contributed by atoms with E-state index in [1.54, 1.807) is 0 Å². The molecule has 1 aliphatic heterocycles. The van der Waals surface area contributed by atoms with Crippen molar-refractivity contribution in [2.24, 2.45) is 5.92 Å². The third-order valence-corrected chi connectivity index (χ3v) is 6.54. The maximum absolute atomic E-state index is 12.8. The first kappa shape index (κ1) is 16.7. The minimum absolute atomic E-state index is 0.153. The largest absolute Gasteiger partial charge is 0.310 e. The van der Waals surface area contributed by atoms with Crippen LogP contribution in [0.1, 0.15) is 54.5 Å². The molecule has 1 N–H and O–H groups in total. The van der Waals surface area contributed by atoms with Crippen molar-refractivity contribution >= 4 is 23.5 Å². The van der Waals surface area contributed by atoms with Gasteiger partial charge >= 0.3 is 0 Å². The minimum atomic E-state index is 0.153. The Balaban J connectivity index is 1.71. The van der Waals surface area contributed by atoms with Gasteiger partial charge in [0.05, 0.1) is 11.4 Å². The molecule has 1 aromatic heterocycles. The van der Waals surface area contributed by atoms with Gasteiger partial charge in [-0.05, 0) is 43.9 Å². The number of thioether (sulfide) groups is 1. The molecule has 0 unspecified atom stereocenters. The highest BCUT2D eigenvalue weighted by atomic mass is 32.2. The van der Waals surface area contributed by atoms with Gasteiger partial charge < -0.3 is 5.32 Å². The lowest BCUT2D eigenvalue weighted by Gasteiger charge is -2.21. The lowest BCUT2D eigenvalue weighted by molar-refractivity contribution is -0.120. The molecular weight excluding hydrogens is 330 g/mol. The van der Waals surface area contributed by atoms with Crippen LogP contribution in [0.2, 0.25) is 0 Å². The van der Waals surface area contributed by atoms with Crippen molar-refractivity contribution in [3.8, 4) is 5.69 Å². The number of anilines is 1. The maximum Gasteiger partial charge on any atom is 0.228 e. The van der Waals surface area contributed by atoms with Crippen molar-refractivity contribution in [3.05, 3.63) is 40.6 Å². The predicted molar refractivity (Wildman–Crippen MR) is 103 cm³/mol. The summed E-state index contributed by atoms with van der Waals surface area (Å²) < 4.78 is 1.97.